The number of carbonyl (C=O) groups is 1. The average Bonchev–Trinajstić information content (AvgIpc) is 3.32. The maximum Gasteiger partial charge on any atom is 0.416 e. The summed E-state index contributed by atoms with van der Waals surface area (Å²) in [4.78, 5) is 19.3. The molecular formula is C31H36F4N2O2S. The maximum atomic E-state index is 13.7. The molecule has 4 nitrogen and oxygen atoms in total. The van der Waals surface area contributed by atoms with Gasteiger partial charge in [0.2, 0.25) is 5.91 Å². The molecule has 9 heteroatoms. The Hall–Kier alpha value is -2.94. The molecular weight excluding hydrogens is 540 g/mol. The van der Waals surface area contributed by atoms with Crippen LogP contribution in [0.2, 0.25) is 0 Å². The first-order valence-corrected chi connectivity index (χ1v) is 14.3. The van der Waals surface area contributed by atoms with E-state index in [1.165, 1.54) is 0 Å². The number of nitrogens with zero attached hydrogens (tertiary/aromatic N) is 2. The van der Waals surface area contributed by atoms with E-state index in [2.05, 4.69) is 41.5 Å². The number of hydrogen-bond acceptors (Lipinski definition) is 4. The van der Waals surface area contributed by atoms with Crippen LogP contribution in [0, 0.1) is 5.82 Å². The molecule has 1 saturated heterocycles. The van der Waals surface area contributed by atoms with Crippen molar-refractivity contribution >= 4 is 17.2 Å². The van der Waals surface area contributed by atoms with Crippen LogP contribution in [0.5, 0.6) is 5.75 Å². The number of rotatable bonds is 4. The van der Waals surface area contributed by atoms with Gasteiger partial charge in [0, 0.05) is 41.1 Å². The Morgan fingerprint density at radius 2 is 1.55 bits per heavy atom. The van der Waals surface area contributed by atoms with Crippen LogP contribution in [-0.4, -0.2) is 34.0 Å². The average molecular weight is 577 g/mol. The molecule has 40 heavy (non-hydrogen) atoms. The second kappa shape index (κ2) is 10.8. The first-order chi connectivity index (χ1) is 18.4. The molecule has 3 aromatic rings. The summed E-state index contributed by atoms with van der Waals surface area (Å²) in [5.74, 6) is -0.796. The number of piperidine rings is 1. The number of carbonyl (C=O) groups excluding carboxylic acids is 1. The Bertz CT molecular complexity index is 1360. The lowest BCUT2D eigenvalue weighted by Gasteiger charge is -2.31. The van der Waals surface area contributed by atoms with E-state index in [1.54, 1.807) is 16.2 Å². The van der Waals surface area contributed by atoms with Gasteiger partial charge in [-0.15, -0.1) is 11.3 Å². The molecule has 4 rings (SSSR count). The van der Waals surface area contributed by atoms with Crippen molar-refractivity contribution in [2.24, 2.45) is 0 Å². The van der Waals surface area contributed by atoms with Crippen LogP contribution in [0.3, 0.4) is 0 Å². The smallest absolute Gasteiger partial charge is 0.416 e. The van der Waals surface area contributed by atoms with E-state index in [4.69, 9.17) is 4.98 Å². The van der Waals surface area contributed by atoms with Gasteiger partial charge in [-0.05, 0) is 59.6 Å². The Kier molecular flexibility index (Phi) is 8.11. The van der Waals surface area contributed by atoms with Gasteiger partial charge in [0.05, 0.1) is 22.7 Å². The number of thiazole rings is 1. The van der Waals surface area contributed by atoms with E-state index in [1.807, 2.05) is 17.5 Å². The Labute approximate surface area is 237 Å². The van der Waals surface area contributed by atoms with Gasteiger partial charge in [-0.3, -0.25) is 4.79 Å². The first-order valence-electron chi connectivity index (χ1n) is 13.4. The SMILES string of the molecule is CC(C)(C)c1cc(-c2csc(C3CCN(C(=O)Cc4cc(F)ccc4C(F)(F)F)CC3)n2)cc(C(C)(C)C)c1O. The van der Waals surface area contributed by atoms with Crippen molar-refractivity contribution in [1.82, 2.24) is 9.88 Å². The van der Waals surface area contributed by atoms with Crippen molar-refractivity contribution in [3.8, 4) is 17.0 Å². The largest absolute Gasteiger partial charge is 0.507 e. The third-order valence-corrected chi connectivity index (χ3v) is 8.46. The summed E-state index contributed by atoms with van der Waals surface area (Å²) in [5.41, 5.74) is 1.66. The molecule has 0 aliphatic carbocycles. The number of halogens is 4. The third kappa shape index (κ3) is 6.51. The lowest BCUT2D eigenvalue weighted by atomic mass is 9.78. The van der Waals surface area contributed by atoms with Crippen LogP contribution in [0.25, 0.3) is 11.3 Å². The van der Waals surface area contributed by atoms with E-state index in [-0.39, 0.29) is 22.3 Å². The predicted octanol–water partition coefficient (Wildman–Crippen LogP) is 8.22. The molecule has 0 spiro atoms. The summed E-state index contributed by atoms with van der Waals surface area (Å²) in [6.45, 7) is 13.2. The summed E-state index contributed by atoms with van der Waals surface area (Å²) < 4.78 is 53.7. The zero-order valence-electron chi connectivity index (χ0n) is 23.7. The fraction of sp³-hybridized carbons (Fsp3) is 0.484. The summed E-state index contributed by atoms with van der Waals surface area (Å²) in [6, 6.07) is 6.26. The normalized spacial score (nSPS) is 15.5. The van der Waals surface area contributed by atoms with Gasteiger partial charge in [-0.1, -0.05) is 41.5 Å². The number of phenols is 1. The minimum atomic E-state index is -4.66. The molecule has 0 bridgehead atoms. The van der Waals surface area contributed by atoms with Crippen LogP contribution in [-0.2, 0) is 28.2 Å². The highest BCUT2D eigenvalue weighted by Crippen LogP contribution is 2.43. The van der Waals surface area contributed by atoms with Gasteiger partial charge in [-0.2, -0.15) is 13.2 Å². The van der Waals surface area contributed by atoms with Crippen LogP contribution < -0.4 is 0 Å². The third-order valence-electron chi connectivity index (χ3n) is 7.45. The first kappa shape index (κ1) is 30.0. The van der Waals surface area contributed by atoms with Crippen LogP contribution >= 0.6 is 11.3 Å². The summed E-state index contributed by atoms with van der Waals surface area (Å²) in [5, 5.41) is 14.0. The number of benzene rings is 2. The predicted molar refractivity (Wildman–Crippen MR) is 150 cm³/mol. The molecule has 1 aliphatic rings. The number of aromatic nitrogens is 1. The lowest BCUT2D eigenvalue weighted by Crippen LogP contribution is -2.39. The molecule has 1 N–H and O–H groups in total. The second-order valence-corrected chi connectivity index (χ2v) is 13.5. The highest BCUT2D eigenvalue weighted by atomic mass is 32.1. The topological polar surface area (TPSA) is 53.4 Å². The zero-order chi connectivity index (χ0) is 29.6. The number of likely N-dealkylation sites (tertiary alicyclic amines) is 1. The zero-order valence-corrected chi connectivity index (χ0v) is 24.6. The lowest BCUT2D eigenvalue weighted by molar-refractivity contribution is -0.138. The van der Waals surface area contributed by atoms with Gasteiger partial charge in [0.15, 0.2) is 0 Å². The monoisotopic (exact) mass is 576 g/mol. The highest BCUT2D eigenvalue weighted by molar-refractivity contribution is 7.10. The molecule has 0 radical (unpaired) electrons. The fourth-order valence-electron chi connectivity index (χ4n) is 5.17. The summed E-state index contributed by atoms with van der Waals surface area (Å²) >= 11 is 1.56. The van der Waals surface area contributed by atoms with E-state index < -0.39 is 29.9 Å². The van der Waals surface area contributed by atoms with Crippen LogP contribution in [0.15, 0.2) is 35.7 Å². The Morgan fingerprint density at radius 1 is 0.975 bits per heavy atom. The standard InChI is InChI=1S/C31H36F4N2O2S/c1-29(2,3)23-14-20(15-24(27(23)39)30(4,5)6)25-17-40-28(36-25)18-9-11-37(12-10-18)26(38)16-19-13-21(32)7-8-22(19)31(33,34)35/h7-8,13-15,17-18,39H,9-12,16H2,1-6H3. The van der Waals surface area contributed by atoms with E-state index in [0.717, 1.165) is 39.5 Å². The van der Waals surface area contributed by atoms with Gasteiger partial charge in [0.1, 0.15) is 11.6 Å². The van der Waals surface area contributed by atoms with Gasteiger partial charge in [-0.25, -0.2) is 9.37 Å². The molecule has 2 aromatic carbocycles. The highest BCUT2D eigenvalue weighted by Gasteiger charge is 2.35. The van der Waals surface area contributed by atoms with Crippen molar-refractivity contribution in [2.45, 2.75) is 83.7 Å². The molecule has 1 fully saturated rings. The van der Waals surface area contributed by atoms with E-state index >= 15 is 0 Å². The van der Waals surface area contributed by atoms with Crippen molar-refractivity contribution in [1.29, 1.82) is 0 Å². The molecule has 216 valence electrons. The number of phenolic OH excluding ortho intramolecular Hbond substituents is 1. The Morgan fingerprint density at radius 3 is 2.08 bits per heavy atom. The molecule has 2 heterocycles. The second-order valence-electron chi connectivity index (χ2n) is 12.6. The van der Waals surface area contributed by atoms with Gasteiger partial charge >= 0.3 is 6.18 Å². The quantitative estimate of drug-likeness (QED) is 0.319. The number of alkyl halides is 3. The summed E-state index contributed by atoms with van der Waals surface area (Å²) in [6.07, 6.45) is -3.86. The molecule has 1 aromatic heterocycles. The van der Waals surface area contributed by atoms with E-state index in [9.17, 15) is 27.5 Å². The fourth-order valence-corrected chi connectivity index (χ4v) is 6.17. The molecule has 0 atom stereocenters. The maximum absolute atomic E-state index is 13.7. The number of amides is 1. The van der Waals surface area contributed by atoms with Crippen LogP contribution in [0.1, 0.15) is 87.6 Å². The van der Waals surface area contributed by atoms with Crippen molar-refractivity contribution in [2.75, 3.05) is 13.1 Å². The van der Waals surface area contributed by atoms with Crippen molar-refractivity contribution in [3.05, 3.63) is 68.8 Å². The van der Waals surface area contributed by atoms with Gasteiger partial charge < -0.3 is 10.0 Å². The van der Waals surface area contributed by atoms with Crippen molar-refractivity contribution < 1.29 is 27.5 Å². The minimum absolute atomic E-state index is 0.129. The number of hydrogen-bond donors (Lipinski definition) is 1. The minimum Gasteiger partial charge on any atom is -0.507 e. The molecule has 0 unspecified atom stereocenters. The molecule has 1 amide bonds. The molecule has 1 aliphatic heterocycles. The number of aromatic hydroxyl groups is 1. The molecule has 0 saturated carbocycles. The van der Waals surface area contributed by atoms with Crippen LogP contribution in [0.4, 0.5) is 17.6 Å². The Balaban J connectivity index is 1.49. The summed E-state index contributed by atoms with van der Waals surface area (Å²) in [7, 11) is 0. The van der Waals surface area contributed by atoms with Gasteiger partial charge in [0.25, 0.3) is 0 Å². The van der Waals surface area contributed by atoms with E-state index in [0.29, 0.717) is 37.7 Å². The van der Waals surface area contributed by atoms with Crippen molar-refractivity contribution in [3.63, 3.8) is 0 Å².